The fourth-order valence-electron chi connectivity index (χ4n) is 13.0. The van der Waals surface area contributed by atoms with Crippen LogP contribution in [0.2, 0.25) is 0 Å². The first-order chi connectivity index (χ1) is 34.1. The second kappa shape index (κ2) is 15.0. The van der Waals surface area contributed by atoms with Gasteiger partial charge in [-0.15, -0.1) is 11.3 Å². The van der Waals surface area contributed by atoms with Crippen molar-refractivity contribution >= 4 is 78.6 Å². The molecule has 0 amide bonds. The lowest BCUT2D eigenvalue weighted by Gasteiger charge is -2.46. The number of hydrogen-bond donors (Lipinski definition) is 0. The molecule has 0 saturated heterocycles. The molecule has 2 aliphatic carbocycles. The summed E-state index contributed by atoms with van der Waals surface area (Å²) in [6, 6.07) is 62.9. The first-order valence-corrected chi connectivity index (χ1v) is 27.0. The number of aryl methyl sites for hydroxylation is 1. The third-order valence-corrected chi connectivity index (χ3v) is 17.8. The monoisotopic (exact) mass is 952 g/mol. The molecule has 2 aliphatic heterocycles. The smallest absolute Gasteiger partial charge is 0.252 e. The Morgan fingerprint density at radius 3 is 1.38 bits per heavy atom. The highest BCUT2D eigenvalue weighted by molar-refractivity contribution is 7.19. The van der Waals surface area contributed by atoms with Gasteiger partial charge in [0.2, 0.25) is 0 Å². The van der Waals surface area contributed by atoms with Gasteiger partial charge in [0, 0.05) is 43.7 Å². The molecular weight excluding hydrogens is 888 g/mol. The quantitative estimate of drug-likeness (QED) is 0.159. The summed E-state index contributed by atoms with van der Waals surface area (Å²) in [5.74, 6) is 0. The van der Waals surface area contributed by atoms with Gasteiger partial charge in [-0.1, -0.05) is 174 Å². The lowest BCUT2D eigenvalue weighted by molar-refractivity contribution is 0.589. The van der Waals surface area contributed by atoms with Gasteiger partial charge in [0.1, 0.15) is 0 Å². The highest BCUT2D eigenvalue weighted by atomic mass is 32.1. The van der Waals surface area contributed by atoms with E-state index >= 15 is 0 Å². The van der Waals surface area contributed by atoms with E-state index in [1.807, 2.05) is 11.3 Å². The highest BCUT2D eigenvalue weighted by Gasteiger charge is 2.54. The Morgan fingerprint density at radius 2 is 0.847 bits per heavy atom. The molecule has 4 aliphatic rings. The molecule has 13 rings (SSSR count). The standard InChI is InChI=1S/C68H65BN2S/c1-40-32-41-33-54-51(38-62(41)72-40)49-19-15-17-21-53(49)68(54)52-20-16-14-18-48(52)50-37-59-57(39-55(50)68)69-56-31-26-44(66(8,9)10)34-58(56)70(46-27-22-42(23-28-46)64(2,3)4)60-35-45(67(11,12)13)36-61(63(60)69)71(59)47-29-24-43(25-30-47)65(5,6)7/h14-39H,1-13H3. The van der Waals surface area contributed by atoms with E-state index in [9.17, 15) is 0 Å². The van der Waals surface area contributed by atoms with Gasteiger partial charge in [0.25, 0.3) is 6.71 Å². The van der Waals surface area contributed by atoms with Crippen LogP contribution >= 0.6 is 11.3 Å². The molecule has 0 radical (unpaired) electrons. The first kappa shape index (κ1) is 45.3. The SMILES string of the molecule is Cc1cc2cc3c(cc2s1)-c1ccccc1C31c2ccccc2-c2cc3c(cc21)B1c2ccc(C(C)(C)C)cc2N(c2ccc(C(C)(C)C)cc2)c2cc(C(C)(C)C)cc(c21)N3c1ccc(C(C)(C)C)cc1. The number of thiophene rings is 1. The maximum absolute atomic E-state index is 2.69. The molecule has 1 spiro atoms. The highest BCUT2D eigenvalue weighted by Crippen LogP contribution is 2.64. The van der Waals surface area contributed by atoms with Crippen molar-refractivity contribution in [3.05, 3.63) is 207 Å². The van der Waals surface area contributed by atoms with Gasteiger partial charge in [-0.05, 0) is 184 Å². The van der Waals surface area contributed by atoms with Gasteiger partial charge in [-0.3, -0.25) is 0 Å². The van der Waals surface area contributed by atoms with Crippen LogP contribution in [0.3, 0.4) is 0 Å². The first-order valence-electron chi connectivity index (χ1n) is 26.2. The zero-order chi connectivity index (χ0) is 50.2. The van der Waals surface area contributed by atoms with Crippen molar-refractivity contribution in [2.45, 2.75) is 117 Å². The fraction of sp³-hybridized carbons (Fsp3) is 0.265. The van der Waals surface area contributed by atoms with Crippen molar-refractivity contribution in [1.29, 1.82) is 0 Å². The van der Waals surface area contributed by atoms with Gasteiger partial charge in [-0.2, -0.15) is 0 Å². The second-order valence-electron chi connectivity index (χ2n) is 25.5. The number of hydrogen-bond acceptors (Lipinski definition) is 3. The van der Waals surface area contributed by atoms with E-state index in [4.69, 9.17) is 0 Å². The average molecular weight is 953 g/mol. The molecule has 8 aromatic carbocycles. The van der Waals surface area contributed by atoms with Crippen LogP contribution in [0.5, 0.6) is 0 Å². The van der Waals surface area contributed by atoms with Crippen LogP contribution in [0.25, 0.3) is 32.3 Å². The molecule has 4 heteroatoms. The topological polar surface area (TPSA) is 6.48 Å². The molecule has 0 fully saturated rings. The summed E-state index contributed by atoms with van der Waals surface area (Å²) in [6.45, 7) is 30.3. The predicted molar refractivity (Wildman–Crippen MR) is 312 cm³/mol. The molecule has 9 aromatic rings. The number of benzene rings is 8. The minimum absolute atomic E-state index is 0.0212. The van der Waals surface area contributed by atoms with Crippen LogP contribution in [0.4, 0.5) is 34.1 Å². The van der Waals surface area contributed by atoms with E-state index in [1.165, 1.54) is 132 Å². The molecule has 3 heterocycles. The van der Waals surface area contributed by atoms with Crippen molar-refractivity contribution in [3.8, 4) is 22.3 Å². The maximum atomic E-state index is 2.69. The fourth-order valence-corrected chi connectivity index (χ4v) is 13.9. The minimum Gasteiger partial charge on any atom is -0.311 e. The van der Waals surface area contributed by atoms with E-state index in [1.54, 1.807) is 0 Å². The predicted octanol–water partition coefficient (Wildman–Crippen LogP) is 16.8. The number of rotatable bonds is 2. The van der Waals surface area contributed by atoms with Gasteiger partial charge in [0.15, 0.2) is 0 Å². The van der Waals surface area contributed by atoms with Crippen molar-refractivity contribution in [3.63, 3.8) is 0 Å². The molecule has 1 atom stereocenters. The molecule has 356 valence electrons. The largest absolute Gasteiger partial charge is 0.311 e. The van der Waals surface area contributed by atoms with Crippen LogP contribution in [-0.4, -0.2) is 6.71 Å². The van der Waals surface area contributed by atoms with Crippen LogP contribution in [0, 0.1) is 6.92 Å². The Morgan fingerprint density at radius 1 is 0.389 bits per heavy atom. The molecule has 1 aromatic heterocycles. The molecule has 0 bridgehead atoms. The van der Waals surface area contributed by atoms with Crippen LogP contribution in [0.15, 0.2) is 158 Å². The minimum atomic E-state index is -0.496. The second-order valence-corrected chi connectivity index (χ2v) is 26.8. The summed E-state index contributed by atoms with van der Waals surface area (Å²) >= 11 is 1.91. The summed E-state index contributed by atoms with van der Waals surface area (Å²) in [6.07, 6.45) is 0. The molecular formula is C68H65BN2S. The zero-order valence-electron chi connectivity index (χ0n) is 44.4. The normalized spacial score (nSPS) is 16.4. The number of anilines is 6. The van der Waals surface area contributed by atoms with Crippen molar-refractivity contribution in [2.24, 2.45) is 0 Å². The summed E-state index contributed by atoms with van der Waals surface area (Å²) in [4.78, 5) is 6.61. The van der Waals surface area contributed by atoms with E-state index < -0.39 is 5.41 Å². The Hall–Kier alpha value is -6.62. The lowest BCUT2D eigenvalue weighted by atomic mass is 9.33. The lowest BCUT2D eigenvalue weighted by Crippen LogP contribution is -2.61. The summed E-state index contributed by atoms with van der Waals surface area (Å²) in [7, 11) is 0. The third-order valence-electron chi connectivity index (χ3n) is 16.8. The maximum Gasteiger partial charge on any atom is 0.252 e. The summed E-state index contributed by atoms with van der Waals surface area (Å²) in [5, 5.41) is 1.33. The van der Waals surface area contributed by atoms with Crippen LogP contribution < -0.4 is 26.2 Å². The Labute approximate surface area is 432 Å². The van der Waals surface area contributed by atoms with Crippen molar-refractivity contribution < 1.29 is 0 Å². The van der Waals surface area contributed by atoms with Gasteiger partial charge in [0.05, 0.1) is 5.41 Å². The molecule has 2 nitrogen and oxygen atoms in total. The van der Waals surface area contributed by atoms with E-state index in [-0.39, 0.29) is 28.4 Å². The number of fused-ring (bicyclic) bond motifs is 15. The third kappa shape index (κ3) is 6.40. The summed E-state index contributed by atoms with van der Waals surface area (Å²) in [5.41, 5.74) is 27.0. The van der Waals surface area contributed by atoms with Crippen LogP contribution in [0.1, 0.15) is 132 Å². The Bertz CT molecular complexity index is 3750. The van der Waals surface area contributed by atoms with Crippen LogP contribution in [-0.2, 0) is 27.1 Å². The molecule has 72 heavy (non-hydrogen) atoms. The van der Waals surface area contributed by atoms with E-state index in [0.717, 1.165) is 0 Å². The van der Waals surface area contributed by atoms with Gasteiger partial charge >= 0.3 is 0 Å². The average Bonchev–Trinajstić information content (AvgIpc) is 3.95. The number of nitrogens with zero attached hydrogens (tertiary/aromatic N) is 2. The molecule has 1 unspecified atom stereocenters. The van der Waals surface area contributed by atoms with Gasteiger partial charge in [-0.25, -0.2) is 0 Å². The van der Waals surface area contributed by atoms with E-state index in [0.29, 0.717) is 0 Å². The van der Waals surface area contributed by atoms with E-state index in [2.05, 4.69) is 258 Å². The molecule has 0 N–H and O–H groups in total. The van der Waals surface area contributed by atoms with Crippen molar-refractivity contribution in [1.82, 2.24) is 0 Å². The van der Waals surface area contributed by atoms with Crippen molar-refractivity contribution in [2.75, 3.05) is 9.80 Å². The Balaban J connectivity index is 1.17. The zero-order valence-corrected chi connectivity index (χ0v) is 45.2. The molecule has 0 saturated carbocycles. The summed E-state index contributed by atoms with van der Waals surface area (Å²) < 4.78 is 1.35. The van der Waals surface area contributed by atoms with Gasteiger partial charge < -0.3 is 9.80 Å². The Kier molecular flexibility index (Phi) is 9.42.